The predicted molar refractivity (Wildman–Crippen MR) is 55.7 cm³/mol. The van der Waals surface area contributed by atoms with Crippen molar-refractivity contribution in [3.63, 3.8) is 0 Å². The van der Waals surface area contributed by atoms with Crippen LogP contribution in [0.1, 0.15) is 30.3 Å². The van der Waals surface area contributed by atoms with Gasteiger partial charge in [0.2, 0.25) is 0 Å². The van der Waals surface area contributed by atoms with Crippen molar-refractivity contribution in [3.8, 4) is 0 Å². The molecule has 2 aromatic heterocycles. The van der Waals surface area contributed by atoms with Crippen LogP contribution in [0.15, 0.2) is 18.3 Å². The topological polar surface area (TPSA) is 39.4 Å². The highest BCUT2D eigenvalue weighted by atomic mass is 16.5. The van der Waals surface area contributed by atoms with Gasteiger partial charge in [-0.15, -0.1) is 10.2 Å². The molecule has 0 saturated carbocycles. The molecular formula is C11H13N3O. The first-order chi connectivity index (χ1) is 7.34. The van der Waals surface area contributed by atoms with Crippen LogP contribution in [0, 0.1) is 6.92 Å². The summed E-state index contributed by atoms with van der Waals surface area (Å²) in [5.74, 6) is 0.936. The lowest BCUT2D eigenvalue weighted by Gasteiger charge is -2.06. The van der Waals surface area contributed by atoms with Crippen LogP contribution in [0.5, 0.6) is 0 Å². The molecule has 0 aromatic carbocycles. The fourth-order valence-corrected chi connectivity index (χ4v) is 2.02. The van der Waals surface area contributed by atoms with Crippen LogP contribution in [0.25, 0.3) is 5.65 Å². The summed E-state index contributed by atoms with van der Waals surface area (Å²) in [6.45, 7) is 2.91. The Hall–Kier alpha value is -1.42. The summed E-state index contributed by atoms with van der Waals surface area (Å²) in [4.78, 5) is 0. The van der Waals surface area contributed by atoms with E-state index >= 15 is 0 Å². The van der Waals surface area contributed by atoms with Gasteiger partial charge < -0.3 is 4.74 Å². The number of ether oxygens (including phenoxy) is 1. The van der Waals surface area contributed by atoms with E-state index in [-0.39, 0.29) is 6.10 Å². The van der Waals surface area contributed by atoms with E-state index in [1.807, 2.05) is 16.5 Å². The van der Waals surface area contributed by atoms with Gasteiger partial charge in [0.25, 0.3) is 0 Å². The molecule has 0 radical (unpaired) electrons. The Labute approximate surface area is 87.9 Å². The smallest absolute Gasteiger partial charge is 0.166 e. The number of fused-ring (bicyclic) bond motifs is 1. The first-order valence-electron chi connectivity index (χ1n) is 5.27. The SMILES string of the molecule is Cc1ccc2nnc(C3CCCO3)n2c1. The largest absolute Gasteiger partial charge is 0.370 e. The van der Waals surface area contributed by atoms with Crippen LogP contribution in [-0.4, -0.2) is 21.2 Å². The van der Waals surface area contributed by atoms with Crippen LogP contribution < -0.4 is 0 Å². The molecule has 4 heteroatoms. The van der Waals surface area contributed by atoms with Crippen molar-refractivity contribution in [2.24, 2.45) is 0 Å². The van der Waals surface area contributed by atoms with Gasteiger partial charge in [-0.05, 0) is 31.4 Å². The van der Waals surface area contributed by atoms with Crippen molar-refractivity contribution in [2.75, 3.05) is 6.61 Å². The van der Waals surface area contributed by atoms with Gasteiger partial charge in [0.15, 0.2) is 11.5 Å². The molecule has 3 rings (SSSR count). The lowest BCUT2D eigenvalue weighted by Crippen LogP contribution is -2.02. The van der Waals surface area contributed by atoms with Gasteiger partial charge in [-0.3, -0.25) is 4.40 Å². The Bertz CT molecular complexity index is 486. The molecule has 4 nitrogen and oxygen atoms in total. The van der Waals surface area contributed by atoms with Gasteiger partial charge >= 0.3 is 0 Å². The minimum absolute atomic E-state index is 0.127. The zero-order valence-electron chi connectivity index (χ0n) is 8.68. The molecule has 0 spiro atoms. The van der Waals surface area contributed by atoms with Crippen molar-refractivity contribution in [2.45, 2.75) is 25.9 Å². The fraction of sp³-hybridized carbons (Fsp3) is 0.455. The van der Waals surface area contributed by atoms with E-state index in [1.54, 1.807) is 0 Å². The van der Waals surface area contributed by atoms with Crippen molar-refractivity contribution in [1.82, 2.24) is 14.6 Å². The lowest BCUT2D eigenvalue weighted by molar-refractivity contribution is 0.104. The van der Waals surface area contributed by atoms with E-state index in [9.17, 15) is 0 Å². The number of rotatable bonds is 1. The van der Waals surface area contributed by atoms with Crippen LogP contribution in [0.3, 0.4) is 0 Å². The highest BCUT2D eigenvalue weighted by molar-refractivity contribution is 5.39. The molecule has 0 amide bonds. The molecule has 1 fully saturated rings. The van der Waals surface area contributed by atoms with Gasteiger partial charge in [0.05, 0.1) is 0 Å². The highest BCUT2D eigenvalue weighted by Gasteiger charge is 2.22. The third kappa shape index (κ3) is 1.41. The number of pyridine rings is 1. The molecule has 2 aromatic rings. The number of hydrogen-bond acceptors (Lipinski definition) is 3. The Balaban J connectivity index is 2.13. The van der Waals surface area contributed by atoms with E-state index in [4.69, 9.17) is 4.74 Å². The minimum atomic E-state index is 0.127. The van der Waals surface area contributed by atoms with Gasteiger partial charge in [-0.25, -0.2) is 0 Å². The minimum Gasteiger partial charge on any atom is -0.370 e. The van der Waals surface area contributed by atoms with E-state index in [0.29, 0.717) is 0 Å². The number of aryl methyl sites for hydroxylation is 1. The third-order valence-electron chi connectivity index (χ3n) is 2.79. The number of hydrogen-bond donors (Lipinski definition) is 0. The third-order valence-corrected chi connectivity index (χ3v) is 2.79. The average Bonchev–Trinajstić information content (AvgIpc) is 2.83. The molecule has 3 heterocycles. The molecule has 0 aliphatic carbocycles. The molecule has 1 aliphatic rings. The lowest BCUT2D eigenvalue weighted by atomic mass is 10.2. The molecule has 1 atom stereocenters. The molecule has 0 bridgehead atoms. The second-order valence-electron chi connectivity index (χ2n) is 3.99. The molecule has 15 heavy (non-hydrogen) atoms. The first-order valence-corrected chi connectivity index (χ1v) is 5.27. The zero-order valence-corrected chi connectivity index (χ0v) is 8.68. The Kier molecular flexibility index (Phi) is 1.95. The maximum atomic E-state index is 5.62. The predicted octanol–water partition coefficient (Wildman–Crippen LogP) is 1.89. The second-order valence-corrected chi connectivity index (χ2v) is 3.99. The van der Waals surface area contributed by atoms with E-state index in [0.717, 1.165) is 30.9 Å². The van der Waals surface area contributed by atoms with E-state index in [2.05, 4.69) is 23.3 Å². The summed E-state index contributed by atoms with van der Waals surface area (Å²) in [6, 6.07) is 4.03. The molecular weight excluding hydrogens is 190 g/mol. The highest BCUT2D eigenvalue weighted by Crippen LogP contribution is 2.27. The summed E-state index contributed by atoms with van der Waals surface area (Å²) >= 11 is 0. The van der Waals surface area contributed by atoms with E-state index < -0.39 is 0 Å². The van der Waals surface area contributed by atoms with E-state index in [1.165, 1.54) is 5.56 Å². The molecule has 1 aliphatic heterocycles. The normalized spacial score (nSPS) is 21.3. The summed E-state index contributed by atoms with van der Waals surface area (Å²) in [6.07, 6.45) is 4.36. The van der Waals surface area contributed by atoms with Crippen LogP contribution in [0.4, 0.5) is 0 Å². The quantitative estimate of drug-likeness (QED) is 0.710. The molecule has 1 unspecified atom stereocenters. The summed E-state index contributed by atoms with van der Waals surface area (Å²) in [5, 5.41) is 8.34. The summed E-state index contributed by atoms with van der Waals surface area (Å²) in [5.41, 5.74) is 2.10. The zero-order chi connectivity index (χ0) is 10.3. The number of aromatic nitrogens is 3. The number of nitrogens with zero attached hydrogens (tertiary/aromatic N) is 3. The Morgan fingerprint density at radius 3 is 3.13 bits per heavy atom. The Morgan fingerprint density at radius 1 is 1.40 bits per heavy atom. The maximum Gasteiger partial charge on any atom is 0.166 e. The summed E-state index contributed by atoms with van der Waals surface area (Å²) < 4.78 is 7.66. The van der Waals surface area contributed by atoms with Crippen molar-refractivity contribution in [1.29, 1.82) is 0 Å². The first kappa shape index (κ1) is 8.85. The average molecular weight is 203 g/mol. The molecule has 1 saturated heterocycles. The van der Waals surface area contributed by atoms with Crippen molar-refractivity contribution >= 4 is 5.65 Å². The second kappa shape index (κ2) is 3.31. The monoisotopic (exact) mass is 203 g/mol. The maximum absolute atomic E-state index is 5.62. The van der Waals surface area contributed by atoms with Crippen LogP contribution in [0.2, 0.25) is 0 Å². The van der Waals surface area contributed by atoms with Gasteiger partial charge in [0, 0.05) is 12.8 Å². The standard InChI is InChI=1S/C11H13N3O/c1-8-4-5-10-12-13-11(14(10)7-8)9-3-2-6-15-9/h4-5,7,9H,2-3,6H2,1H3. The Morgan fingerprint density at radius 2 is 2.33 bits per heavy atom. The van der Waals surface area contributed by atoms with Gasteiger partial charge in [0.1, 0.15) is 6.10 Å². The van der Waals surface area contributed by atoms with Crippen molar-refractivity contribution in [3.05, 3.63) is 29.7 Å². The van der Waals surface area contributed by atoms with Gasteiger partial charge in [-0.2, -0.15) is 0 Å². The van der Waals surface area contributed by atoms with Crippen molar-refractivity contribution < 1.29 is 4.74 Å². The molecule has 0 N–H and O–H groups in total. The van der Waals surface area contributed by atoms with Crippen LogP contribution >= 0.6 is 0 Å². The molecule has 78 valence electrons. The van der Waals surface area contributed by atoms with Gasteiger partial charge in [-0.1, -0.05) is 6.07 Å². The van der Waals surface area contributed by atoms with Crippen LogP contribution in [-0.2, 0) is 4.74 Å². The summed E-state index contributed by atoms with van der Waals surface area (Å²) in [7, 11) is 0. The fourth-order valence-electron chi connectivity index (χ4n) is 2.02.